The van der Waals surface area contributed by atoms with Crippen LogP contribution in [0.25, 0.3) is 10.9 Å². The van der Waals surface area contributed by atoms with Crippen molar-refractivity contribution in [1.29, 1.82) is 0 Å². The number of halogens is 1. The number of hydrogen-bond acceptors (Lipinski definition) is 4. The number of para-hydroxylation sites is 1. The number of nitrogens with zero attached hydrogens (tertiary/aromatic N) is 2. The van der Waals surface area contributed by atoms with Crippen molar-refractivity contribution < 1.29 is 14.3 Å². The van der Waals surface area contributed by atoms with Gasteiger partial charge < -0.3 is 15.4 Å². The molecule has 5 aromatic rings. The number of aromatic nitrogens is 3. The minimum Gasteiger partial charge on any atom is -0.508 e. The van der Waals surface area contributed by atoms with Gasteiger partial charge in [0.2, 0.25) is 0 Å². The second kappa shape index (κ2) is 9.72. The van der Waals surface area contributed by atoms with E-state index in [0.29, 0.717) is 17.0 Å². The Morgan fingerprint density at radius 3 is 2.58 bits per heavy atom. The zero-order valence-electron chi connectivity index (χ0n) is 19.3. The Morgan fingerprint density at radius 1 is 1.00 bits per heavy atom. The highest BCUT2D eigenvalue weighted by Gasteiger charge is 2.24. The van der Waals surface area contributed by atoms with Crippen LogP contribution in [0.15, 0.2) is 85.2 Å². The van der Waals surface area contributed by atoms with Crippen molar-refractivity contribution in [3.63, 3.8) is 0 Å². The van der Waals surface area contributed by atoms with Crippen molar-refractivity contribution in [2.24, 2.45) is 0 Å². The smallest absolute Gasteiger partial charge is 0.270 e. The number of hydrogen-bond donors (Lipinski definition) is 3. The zero-order chi connectivity index (χ0) is 25.1. The molecule has 3 aromatic heterocycles. The molecule has 1 atom stereocenters. The van der Waals surface area contributed by atoms with E-state index in [9.17, 15) is 14.3 Å². The molecular formula is C29H21FN4O2. The van der Waals surface area contributed by atoms with Crippen LogP contribution in [0.4, 0.5) is 4.39 Å². The number of phenols is 1. The minimum atomic E-state index is -0.853. The van der Waals surface area contributed by atoms with Gasteiger partial charge in [0, 0.05) is 46.0 Å². The zero-order valence-corrected chi connectivity index (χ0v) is 19.3. The number of H-pyrrole nitrogens is 1. The molecule has 0 unspecified atom stereocenters. The standard InChI is InChI=1S/C29H21FN4O2/c1-18-14-20(7-6-19-10-12-31-13-11-19)15-26(32-18)29(36)34-28(23-17-22(30)8-9-27(23)35)25-16-21-4-2-3-5-24(21)33-25/h2-5,8-17,28,33,35H,1H3,(H,34,36)/t28-/m1/s1. The predicted molar refractivity (Wildman–Crippen MR) is 135 cm³/mol. The van der Waals surface area contributed by atoms with E-state index in [4.69, 9.17) is 0 Å². The molecule has 176 valence electrons. The lowest BCUT2D eigenvalue weighted by Gasteiger charge is -2.19. The molecular weight excluding hydrogens is 455 g/mol. The molecule has 3 heterocycles. The number of pyridine rings is 2. The first-order valence-corrected chi connectivity index (χ1v) is 11.2. The van der Waals surface area contributed by atoms with Crippen LogP contribution in [0.3, 0.4) is 0 Å². The lowest BCUT2D eigenvalue weighted by atomic mass is 10.0. The highest BCUT2D eigenvalue weighted by Crippen LogP contribution is 2.31. The van der Waals surface area contributed by atoms with Gasteiger partial charge in [-0.3, -0.25) is 9.78 Å². The summed E-state index contributed by atoms with van der Waals surface area (Å²) in [6, 6.07) is 19.3. The molecule has 0 saturated heterocycles. The number of aromatic amines is 1. The number of aryl methyl sites for hydroxylation is 1. The maximum atomic E-state index is 14.2. The summed E-state index contributed by atoms with van der Waals surface area (Å²) >= 11 is 0. The second-order valence-corrected chi connectivity index (χ2v) is 8.29. The van der Waals surface area contributed by atoms with Gasteiger partial charge in [-0.05, 0) is 66.9 Å². The summed E-state index contributed by atoms with van der Waals surface area (Å²) in [4.78, 5) is 25.0. The molecule has 5 rings (SSSR count). The predicted octanol–water partition coefficient (Wildman–Crippen LogP) is 5.03. The van der Waals surface area contributed by atoms with Gasteiger partial charge in [0.25, 0.3) is 5.91 Å². The van der Waals surface area contributed by atoms with E-state index in [1.165, 1.54) is 18.2 Å². The number of rotatable bonds is 4. The Hall–Kier alpha value is -4.96. The number of fused-ring (bicyclic) bond motifs is 1. The number of nitrogens with one attached hydrogen (secondary N) is 2. The molecule has 0 aliphatic carbocycles. The first-order valence-electron chi connectivity index (χ1n) is 11.2. The topological polar surface area (TPSA) is 90.9 Å². The molecule has 36 heavy (non-hydrogen) atoms. The third kappa shape index (κ3) is 4.93. The van der Waals surface area contributed by atoms with Gasteiger partial charge in [-0.15, -0.1) is 0 Å². The largest absolute Gasteiger partial charge is 0.508 e. The molecule has 0 bridgehead atoms. The van der Waals surface area contributed by atoms with E-state index in [1.807, 2.05) is 30.3 Å². The Balaban J connectivity index is 1.51. The monoisotopic (exact) mass is 476 g/mol. The number of carbonyl (C=O) groups is 1. The number of carbonyl (C=O) groups excluding carboxylic acids is 1. The van der Waals surface area contributed by atoms with Gasteiger partial charge in [-0.1, -0.05) is 30.0 Å². The first-order chi connectivity index (χ1) is 17.5. The van der Waals surface area contributed by atoms with E-state index < -0.39 is 17.8 Å². The van der Waals surface area contributed by atoms with Crippen LogP contribution < -0.4 is 5.32 Å². The van der Waals surface area contributed by atoms with Gasteiger partial charge in [0.15, 0.2) is 0 Å². The Kier molecular flexibility index (Phi) is 6.16. The Morgan fingerprint density at radius 2 is 1.78 bits per heavy atom. The van der Waals surface area contributed by atoms with Gasteiger partial charge in [0.05, 0.1) is 6.04 Å². The highest BCUT2D eigenvalue weighted by atomic mass is 19.1. The highest BCUT2D eigenvalue weighted by molar-refractivity contribution is 5.93. The van der Waals surface area contributed by atoms with Crippen molar-refractivity contribution in [2.45, 2.75) is 13.0 Å². The molecule has 3 N–H and O–H groups in total. The summed E-state index contributed by atoms with van der Waals surface area (Å²) in [7, 11) is 0. The number of phenolic OH excluding ortho intramolecular Hbond substituents is 1. The Labute approximate surface area is 206 Å². The second-order valence-electron chi connectivity index (χ2n) is 8.29. The summed E-state index contributed by atoms with van der Waals surface area (Å²) < 4.78 is 14.2. The molecule has 7 heteroatoms. The van der Waals surface area contributed by atoms with Crippen LogP contribution in [0.2, 0.25) is 0 Å². The van der Waals surface area contributed by atoms with E-state index >= 15 is 0 Å². The van der Waals surface area contributed by atoms with Gasteiger partial charge in [0.1, 0.15) is 17.3 Å². The van der Waals surface area contributed by atoms with Crippen molar-refractivity contribution >= 4 is 16.8 Å². The quantitative estimate of drug-likeness (QED) is 0.317. The average Bonchev–Trinajstić information content (AvgIpc) is 3.32. The molecule has 2 aromatic carbocycles. The summed E-state index contributed by atoms with van der Waals surface area (Å²) in [5, 5.41) is 14.3. The molecule has 0 aliphatic heterocycles. The first kappa shape index (κ1) is 22.8. The molecule has 0 spiro atoms. The average molecular weight is 477 g/mol. The summed E-state index contributed by atoms with van der Waals surface area (Å²) in [5.74, 6) is 4.95. The number of benzene rings is 2. The van der Waals surface area contributed by atoms with Gasteiger partial charge in [-0.2, -0.15) is 0 Å². The fourth-order valence-electron chi connectivity index (χ4n) is 3.97. The van der Waals surface area contributed by atoms with Crippen LogP contribution >= 0.6 is 0 Å². The van der Waals surface area contributed by atoms with Crippen LogP contribution in [-0.2, 0) is 0 Å². The third-order valence-electron chi connectivity index (χ3n) is 5.66. The van der Waals surface area contributed by atoms with Crippen LogP contribution in [0, 0.1) is 24.6 Å². The maximum absolute atomic E-state index is 14.2. The number of amides is 1. The minimum absolute atomic E-state index is 0.138. The Bertz CT molecular complexity index is 1600. The van der Waals surface area contributed by atoms with Gasteiger partial charge in [-0.25, -0.2) is 9.37 Å². The third-order valence-corrected chi connectivity index (χ3v) is 5.66. The van der Waals surface area contributed by atoms with Crippen LogP contribution in [0.5, 0.6) is 5.75 Å². The molecule has 0 radical (unpaired) electrons. The fourth-order valence-corrected chi connectivity index (χ4v) is 3.97. The van der Waals surface area contributed by atoms with Gasteiger partial charge >= 0.3 is 0 Å². The van der Waals surface area contributed by atoms with E-state index in [1.54, 1.807) is 43.6 Å². The number of aromatic hydroxyl groups is 1. The van der Waals surface area contributed by atoms with Crippen molar-refractivity contribution in [3.8, 4) is 17.6 Å². The summed E-state index contributed by atoms with van der Waals surface area (Å²) in [6.45, 7) is 1.78. The van der Waals surface area contributed by atoms with E-state index in [2.05, 4.69) is 32.1 Å². The van der Waals surface area contributed by atoms with Crippen LogP contribution in [-0.4, -0.2) is 26.0 Å². The molecule has 0 saturated carbocycles. The van der Waals surface area contributed by atoms with E-state index in [0.717, 1.165) is 16.5 Å². The molecule has 0 aliphatic rings. The molecule has 1 amide bonds. The lowest BCUT2D eigenvalue weighted by molar-refractivity contribution is 0.0936. The van der Waals surface area contributed by atoms with Crippen LogP contribution in [0.1, 0.15) is 44.6 Å². The summed E-state index contributed by atoms with van der Waals surface area (Å²) in [6.07, 6.45) is 3.32. The van der Waals surface area contributed by atoms with E-state index in [-0.39, 0.29) is 17.0 Å². The van der Waals surface area contributed by atoms with Crippen molar-refractivity contribution in [2.75, 3.05) is 0 Å². The lowest BCUT2D eigenvalue weighted by Crippen LogP contribution is -2.30. The van der Waals surface area contributed by atoms with Crippen molar-refractivity contribution in [3.05, 3.63) is 125 Å². The summed E-state index contributed by atoms with van der Waals surface area (Å²) in [5.41, 5.74) is 3.87. The maximum Gasteiger partial charge on any atom is 0.270 e. The normalized spacial score (nSPS) is 11.5. The SMILES string of the molecule is Cc1cc(C#Cc2ccncc2)cc(C(=O)N[C@@H](c2cc3ccccc3[nH]2)c2cc(F)ccc2O)n1. The molecule has 6 nitrogen and oxygen atoms in total. The van der Waals surface area contributed by atoms with Crippen molar-refractivity contribution in [1.82, 2.24) is 20.3 Å². The molecule has 0 fully saturated rings. The fraction of sp³-hybridized carbons (Fsp3) is 0.0690.